The van der Waals surface area contributed by atoms with Gasteiger partial charge in [-0.15, -0.1) is 0 Å². The molecule has 1 aromatic heterocycles. The van der Waals surface area contributed by atoms with E-state index in [1.54, 1.807) is 6.20 Å². The van der Waals surface area contributed by atoms with E-state index >= 15 is 0 Å². The predicted octanol–water partition coefficient (Wildman–Crippen LogP) is 4.32. The van der Waals surface area contributed by atoms with Gasteiger partial charge in [0.2, 0.25) is 5.91 Å². The molecule has 1 amide bonds. The van der Waals surface area contributed by atoms with E-state index in [2.05, 4.69) is 41.1 Å². The zero-order valence-corrected chi connectivity index (χ0v) is 17.6. The Balaban J connectivity index is 1.19. The van der Waals surface area contributed by atoms with Gasteiger partial charge in [-0.1, -0.05) is 60.2 Å². The molecule has 5 heteroatoms. The van der Waals surface area contributed by atoms with Crippen LogP contribution in [0, 0.1) is 6.92 Å². The second-order valence-corrected chi connectivity index (χ2v) is 7.98. The molecule has 0 N–H and O–H groups in total. The van der Waals surface area contributed by atoms with Gasteiger partial charge in [-0.3, -0.25) is 9.69 Å². The number of rotatable bonds is 7. The summed E-state index contributed by atoms with van der Waals surface area (Å²) < 4.78 is 5.83. The highest BCUT2D eigenvalue weighted by atomic mass is 16.4. The molecule has 0 aliphatic carbocycles. The van der Waals surface area contributed by atoms with Gasteiger partial charge in [0.1, 0.15) is 0 Å². The van der Waals surface area contributed by atoms with Crippen molar-refractivity contribution in [1.29, 1.82) is 0 Å². The van der Waals surface area contributed by atoms with Crippen molar-refractivity contribution in [2.45, 2.75) is 32.7 Å². The number of piperazine rings is 1. The maximum Gasteiger partial charge on any atom is 0.222 e. The Morgan fingerprint density at radius 3 is 2.60 bits per heavy atom. The molecule has 1 aliphatic rings. The molecule has 3 aromatic rings. The number of oxazole rings is 1. The minimum absolute atomic E-state index is 0.236. The Morgan fingerprint density at radius 1 is 1.03 bits per heavy atom. The topological polar surface area (TPSA) is 49.6 Å². The second-order valence-electron chi connectivity index (χ2n) is 7.98. The van der Waals surface area contributed by atoms with Crippen LogP contribution in [0.4, 0.5) is 0 Å². The number of aryl methyl sites for hydroxylation is 2. The minimum Gasteiger partial charge on any atom is -0.441 e. The number of carbonyl (C=O) groups is 1. The molecule has 0 radical (unpaired) electrons. The van der Waals surface area contributed by atoms with Gasteiger partial charge in [-0.2, -0.15) is 0 Å². The van der Waals surface area contributed by atoms with Crippen LogP contribution in [0.2, 0.25) is 0 Å². The summed E-state index contributed by atoms with van der Waals surface area (Å²) in [7, 11) is 0. The average Bonchev–Trinajstić information content (AvgIpc) is 3.24. The lowest BCUT2D eigenvalue weighted by Crippen LogP contribution is -2.48. The van der Waals surface area contributed by atoms with E-state index in [4.69, 9.17) is 4.42 Å². The third kappa shape index (κ3) is 5.36. The molecule has 5 nitrogen and oxygen atoms in total. The molecule has 30 heavy (non-hydrogen) atoms. The van der Waals surface area contributed by atoms with Crippen molar-refractivity contribution in [2.75, 3.05) is 26.2 Å². The highest BCUT2D eigenvalue weighted by Gasteiger charge is 2.21. The van der Waals surface area contributed by atoms with Crippen molar-refractivity contribution in [3.05, 3.63) is 77.8 Å². The third-order valence-corrected chi connectivity index (χ3v) is 5.61. The molecule has 0 atom stereocenters. The molecule has 4 rings (SSSR count). The first-order valence-electron chi connectivity index (χ1n) is 10.7. The normalized spacial score (nSPS) is 14.8. The molecular formula is C25H29N3O2. The zero-order chi connectivity index (χ0) is 20.8. The van der Waals surface area contributed by atoms with Gasteiger partial charge >= 0.3 is 0 Å². The largest absolute Gasteiger partial charge is 0.441 e. The number of hydrogen-bond acceptors (Lipinski definition) is 4. The summed E-state index contributed by atoms with van der Waals surface area (Å²) in [4.78, 5) is 21.4. The smallest absolute Gasteiger partial charge is 0.222 e. The Morgan fingerprint density at radius 2 is 1.83 bits per heavy atom. The van der Waals surface area contributed by atoms with E-state index < -0.39 is 0 Å². The first-order chi connectivity index (χ1) is 14.7. The third-order valence-electron chi connectivity index (χ3n) is 5.61. The fraction of sp³-hybridized carbons (Fsp3) is 0.360. The predicted molar refractivity (Wildman–Crippen MR) is 118 cm³/mol. The molecule has 0 spiro atoms. The van der Waals surface area contributed by atoms with Crippen LogP contribution in [0.15, 0.2) is 65.2 Å². The van der Waals surface area contributed by atoms with Crippen molar-refractivity contribution >= 4 is 5.91 Å². The number of benzene rings is 2. The van der Waals surface area contributed by atoms with Crippen LogP contribution in [-0.2, 0) is 17.8 Å². The Labute approximate surface area is 178 Å². The monoisotopic (exact) mass is 403 g/mol. The molecule has 0 unspecified atom stereocenters. The van der Waals surface area contributed by atoms with Crippen molar-refractivity contribution in [2.24, 2.45) is 0 Å². The zero-order valence-electron chi connectivity index (χ0n) is 17.6. The first kappa shape index (κ1) is 20.4. The molecule has 2 heterocycles. The maximum absolute atomic E-state index is 12.6. The Hall–Kier alpha value is -2.92. The molecule has 1 fully saturated rings. The van der Waals surface area contributed by atoms with E-state index in [-0.39, 0.29) is 5.91 Å². The Bertz CT molecular complexity index is 959. The van der Waals surface area contributed by atoms with Crippen LogP contribution in [0.5, 0.6) is 0 Å². The van der Waals surface area contributed by atoms with Gasteiger partial charge in [0, 0.05) is 51.1 Å². The van der Waals surface area contributed by atoms with E-state index in [1.165, 1.54) is 11.1 Å². The van der Waals surface area contributed by atoms with Crippen LogP contribution in [0.25, 0.3) is 11.3 Å². The van der Waals surface area contributed by atoms with Gasteiger partial charge in [-0.05, 0) is 18.9 Å². The minimum atomic E-state index is 0.236. The first-order valence-corrected chi connectivity index (χ1v) is 10.7. The van der Waals surface area contributed by atoms with Crippen LogP contribution >= 0.6 is 0 Å². The molecule has 2 aromatic carbocycles. The molecule has 1 aliphatic heterocycles. The van der Waals surface area contributed by atoms with Crippen LogP contribution in [0.3, 0.4) is 0 Å². The summed E-state index contributed by atoms with van der Waals surface area (Å²) in [6.45, 7) is 6.56. The van der Waals surface area contributed by atoms with Crippen LogP contribution in [0.1, 0.15) is 29.9 Å². The summed E-state index contributed by atoms with van der Waals surface area (Å²) >= 11 is 0. The van der Waals surface area contributed by atoms with E-state index in [9.17, 15) is 4.79 Å². The highest BCUT2D eigenvalue weighted by Crippen LogP contribution is 2.20. The molecular weight excluding hydrogens is 374 g/mol. The number of nitrogens with zero attached hydrogens (tertiary/aromatic N) is 3. The van der Waals surface area contributed by atoms with Crippen molar-refractivity contribution in [3.63, 3.8) is 0 Å². The summed E-state index contributed by atoms with van der Waals surface area (Å²) in [5, 5.41) is 0. The van der Waals surface area contributed by atoms with E-state index in [0.717, 1.165) is 50.5 Å². The van der Waals surface area contributed by atoms with Gasteiger partial charge in [0.15, 0.2) is 11.7 Å². The highest BCUT2D eigenvalue weighted by molar-refractivity contribution is 5.76. The van der Waals surface area contributed by atoms with Crippen molar-refractivity contribution in [1.82, 2.24) is 14.8 Å². The lowest BCUT2D eigenvalue weighted by Gasteiger charge is -2.34. The van der Waals surface area contributed by atoms with Gasteiger partial charge in [0.25, 0.3) is 0 Å². The standard InChI is InChI=1S/C25H29N3O2/c1-20-7-5-8-21(17-20)19-27-13-15-28(16-14-27)25(29)12-6-11-24-26-18-23(30-24)22-9-3-2-4-10-22/h2-5,7-10,17-18H,6,11-16,19H2,1H3. The second kappa shape index (κ2) is 9.72. The average molecular weight is 404 g/mol. The number of aromatic nitrogens is 1. The van der Waals surface area contributed by atoms with Crippen LogP contribution < -0.4 is 0 Å². The molecule has 156 valence electrons. The maximum atomic E-state index is 12.6. The lowest BCUT2D eigenvalue weighted by molar-refractivity contribution is -0.133. The van der Waals surface area contributed by atoms with E-state index in [0.29, 0.717) is 18.7 Å². The van der Waals surface area contributed by atoms with Gasteiger partial charge in [0.05, 0.1) is 6.20 Å². The van der Waals surface area contributed by atoms with E-state index in [1.807, 2.05) is 35.2 Å². The quantitative estimate of drug-likeness (QED) is 0.590. The fourth-order valence-electron chi connectivity index (χ4n) is 3.93. The Kier molecular flexibility index (Phi) is 6.60. The van der Waals surface area contributed by atoms with Crippen molar-refractivity contribution in [3.8, 4) is 11.3 Å². The number of hydrogen-bond donors (Lipinski definition) is 0. The summed E-state index contributed by atoms with van der Waals surface area (Å²) in [6, 6.07) is 18.6. The fourth-order valence-corrected chi connectivity index (χ4v) is 3.93. The number of carbonyl (C=O) groups excluding carboxylic acids is 1. The van der Waals surface area contributed by atoms with Gasteiger partial charge in [-0.25, -0.2) is 4.98 Å². The molecule has 0 bridgehead atoms. The summed E-state index contributed by atoms with van der Waals surface area (Å²) in [5.74, 6) is 1.71. The number of amides is 1. The molecule has 1 saturated heterocycles. The molecule has 0 saturated carbocycles. The summed E-state index contributed by atoms with van der Waals surface area (Å²) in [6.07, 6.45) is 3.75. The van der Waals surface area contributed by atoms with Gasteiger partial charge < -0.3 is 9.32 Å². The van der Waals surface area contributed by atoms with Crippen LogP contribution in [-0.4, -0.2) is 46.9 Å². The van der Waals surface area contributed by atoms with Crippen molar-refractivity contribution < 1.29 is 9.21 Å². The lowest BCUT2D eigenvalue weighted by atomic mass is 10.1. The SMILES string of the molecule is Cc1cccc(CN2CCN(C(=O)CCCc3ncc(-c4ccccc4)o3)CC2)c1. The summed E-state index contributed by atoms with van der Waals surface area (Å²) in [5.41, 5.74) is 3.66.